The molecule has 0 N–H and O–H groups in total. The zero-order valence-corrected chi connectivity index (χ0v) is 15.0. The lowest BCUT2D eigenvalue weighted by atomic mass is 9.81. The fourth-order valence-corrected chi connectivity index (χ4v) is 5.05. The van der Waals surface area contributed by atoms with Gasteiger partial charge in [-0.2, -0.15) is 0 Å². The monoisotopic (exact) mass is 370 g/mol. The fraction of sp³-hybridized carbons (Fsp3) is 0.500. The first kappa shape index (κ1) is 16.6. The van der Waals surface area contributed by atoms with Crippen molar-refractivity contribution in [1.29, 1.82) is 0 Å². The smallest absolute Gasteiger partial charge is 0.244 e. The average molecular weight is 370 g/mol. The topological polar surface area (TPSA) is 74.8 Å². The molecule has 4 amide bonds. The number of carbonyl (C=O) groups is 4. The van der Waals surface area contributed by atoms with Gasteiger partial charge in [0.25, 0.3) is 0 Å². The van der Waals surface area contributed by atoms with Crippen LogP contribution in [0.25, 0.3) is 0 Å². The molecule has 2 unspecified atom stereocenters. The van der Waals surface area contributed by atoms with Gasteiger partial charge in [-0.15, -0.1) is 0 Å². The minimum absolute atomic E-state index is 0.144. The summed E-state index contributed by atoms with van der Waals surface area (Å²) in [7, 11) is 0. The molecule has 1 saturated heterocycles. The molecule has 3 fully saturated rings. The number of amides is 4. The van der Waals surface area contributed by atoms with Crippen LogP contribution in [0.2, 0.25) is 0 Å². The second kappa shape index (κ2) is 5.24. The van der Waals surface area contributed by atoms with Gasteiger partial charge in [0.1, 0.15) is 5.82 Å². The zero-order valence-electron chi connectivity index (χ0n) is 15.0. The highest BCUT2D eigenvalue weighted by Crippen LogP contribution is 2.58. The Labute approximate surface area is 155 Å². The van der Waals surface area contributed by atoms with E-state index in [9.17, 15) is 23.6 Å². The van der Waals surface area contributed by atoms with Gasteiger partial charge in [0.05, 0.1) is 28.6 Å². The molecule has 0 bridgehead atoms. The molecule has 2 heterocycles. The minimum atomic E-state index is -0.812. The summed E-state index contributed by atoms with van der Waals surface area (Å²) in [5.74, 6) is -3.01. The van der Waals surface area contributed by atoms with Crippen LogP contribution in [-0.4, -0.2) is 23.6 Å². The van der Waals surface area contributed by atoms with Crippen molar-refractivity contribution in [3.05, 3.63) is 23.5 Å². The van der Waals surface area contributed by atoms with E-state index < -0.39 is 17.1 Å². The number of hydrogen-bond donors (Lipinski definition) is 0. The lowest BCUT2D eigenvalue weighted by molar-refractivity contribution is -0.126. The van der Waals surface area contributed by atoms with E-state index in [0.29, 0.717) is 36.9 Å². The summed E-state index contributed by atoms with van der Waals surface area (Å²) in [6.07, 6.45) is 4.20. The minimum Gasteiger partial charge on any atom is -0.274 e. The van der Waals surface area contributed by atoms with E-state index in [1.54, 1.807) is 0 Å². The van der Waals surface area contributed by atoms with Crippen LogP contribution in [-0.2, 0) is 24.6 Å². The summed E-state index contributed by atoms with van der Waals surface area (Å²) in [5.41, 5.74) is -0.167. The Morgan fingerprint density at radius 1 is 1.04 bits per heavy atom. The second-order valence-electron chi connectivity index (χ2n) is 8.07. The molecule has 1 spiro atoms. The van der Waals surface area contributed by atoms with Gasteiger partial charge < -0.3 is 0 Å². The van der Waals surface area contributed by atoms with E-state index >= 15 is 0 Å². The van der Waals surface area contributed by atoms with Crippen LogP contribution in [0.5, 0.6) is 0 Å². The molecule has 1 aromatic carbocycles. The summed E-state index contributed by atoms with van der Waals surface area (Å²) in [6, 6.07) is 2.57. The number of fused-ring (bicyclic) bond motifs is 3. The van der Waals surface area contributed by atoms with E-state index in [1.165, 1.54) is 19.1 Å². The molecule has 27 heavy (non-hydrogen) atoms. The third-order valence-corrected chi connectivity index (χ3v) is 6.58. The molecule has 7 heteroatoms. The predicted molar refractivity (Wildman–Crippen MR) is 93.4 cm³/mol. The van der Waals surface area contributed by atoms with Crippen LogP contribution in [0, 0.1) is 17.7 Å². The molecule has 2 saturated carbocycles. The number of benzene rings is 1. The quantitative estimate of drug-likeness (QED) is 0.712. The third kappa shape index (κ3) is 2.00. The predicted octanol–water partition coefficient (Wildman–Crippen LogP) is 2.43. The molecule has 2 atom stereocenters. The Morgan fingerprint density at radius 3 is 2.15 bits per heavy atom. The van der Waals surface area contributed by atoms with E-state index in [2.05, 4.69) is 0 Å². The molecular formula is C20H19FN2O4. The highest BCUT2D eigenvalue weighted by molar-refractivity contribution is 6.25. The number of imide groups is 2. The molecule has 5 rings (SSSR count). The first-order chi connectivity index (χ1) is 12.9. The van der Waals surface area contributed by atoms with Crippen molar-refractivity contribution in [1.82, 2.24) is 0 Å². The first-order valence-electron chi connectivity index (χ1n) is 9.44. The van der Waals surface area contributed by atoms with Crippen molar-refractivity contribution < 1.29 is 23.6 Å². The molecule has 2 aliphatic heterocycles. The Hall–Kier alpha value is -2.57. The van der Waals surface area contributed by atoms with Gasteiger partial charge in [0.2, 0.25) is 23.6 Å². The van der Waals surface area contributed by atoms with Crippen molar-refractivity contribution in [2.45, 2.75) is 50.9 Å². The number of nitrogens with zero attached hydrogens (tertiary/aromatic N) is 2. The van der Waals surface area contributed by atoms with Gasteiger partial charge in [-0.25, -0.2) is 14.2 Å². The fourth-order valence-electron chi connectivity index (χ4n) is 5.05. The first-order valence-corrected chi connectivity index (χ1v) is 9.44. The van der Waals surface area contributed by atoms with Crippen molar-refractivity contribution in [2.75, 3.05) is 9.80 Å². The van der Waals surface area contributed by atoms with Crippen molar-refractivity contribution >= 4 is 35.0 Å². The largest absolute Gasteiger partial charge is 0.274 e. The van der Waals surface area contributed by atoms with Gasteiger partial charge in [0.15, 0.2) is 0 Å². The second-order valence-corrected chi connectivity index (χ2v) is 8.07. The van der Waals surface area contributed by atoms with Crippen molar-refractivity contribution in [3.63, 3.8) is 0 Å². The maximum absolute atomic E-state index is 15.0. The van der Waals surface area contributed by atoms with Crippen LogP contribution >= 0.6 is 0 Å². The highest BCUT2D eigenvalue weighted by atomic mass is 19.1. The average Bonchev–Trinajstić information content (AvgIpc) is 3.36. The van der Waals surface area contributed by atoms with E-state index in [-0.39, 0.29) is 35.2 Å². The van der Waals surface area contributed by atoms with Gasteiger partial charge >= 0.3 is 0 Å². The van der Waals surface area contributed by atoms with E-state index in [1.807, 2.05) is 0 Å². The van der Waals surface area contributed by atoms with Gasteiger partial charge in [-0.3, -0.25) is 19.2 Å². The highest BCUT2D eigenvalue weighted by Gasteiger charge is 2.61. The Balaban J connectivity index is 1.63. The number of anilines is 2. The number of carbonyl (C=O) groups excluding carboxylic acids is 4. The molecule has 1 aromatic rings. The molecule has 4 aliphatic rings. The summed E-state index contributed by atoms with van der Waals surface area (Å²) in [6.45, 7) is 1.28. The van der Waals surface area contributed by atoms with Crippen LogP contribution < -0.4 is 9.80 Å². The lowest BCUT2D eigenvalue weighted by Gasteiger charge is -2.19. The number of rotatable bonds is 1. The van der Waals surface area contributed by atoms with Crippen molar-refractivity contribution in [2.24, 2.45) is 11.8 Å². The van der Waals surface area contributed by atoms with Gasteiger partial charge in [0, 0.05) is 6.92 Å². The Kier molecular flexibility index (Phi) is 3.22. The van der Waals surface area contributed by atoms with Crippen LogP contribution in [0.1, 0.15) is 51.0 Å². The van der Waals surface area contributed by atoms with Crippen molar-refractivity contribution in [3.8, 4) is 0 Å². The maximum Gasteiger partial charge on any atom is 0.244 e. The Bertz CT molecular complexity index is 912. The summed E-state index contributed by atoms with van der Waals surface area (Å²) in [4.78, 5) is 52.4. The van der Waals surface area contributed by atoms with Crippen LogP contribution in [0.4, 0.5) is 15.8 Å². The van der Waals surface area contributed by atoms with E-state index in [0.717, 1.165) is 22.6 Å². The standard InChI is InChI=1S/C20H19FN2O4/c1-10(24)22-15-9-16(14(21)8-13(15)20(6-7-20)19(22)27)23-17(25)11-4-2-3-5-12(11)18(23)26/h8-9,11-12H,2-7H2,1H3. The number of halogens is 1. The number of hydrogen-bond acceptors (Lipinski definition) is 4. The molecule has 0 radical (unpaired) electrons. The third-order valence-electron chi connectivity index (χ3n) is 6.58. The SMILES string of the molecule is CC(=O)N1C(=O)C2(CC2)c2cc(F)c(N3C(=O)C4CCCCC4C3=O)cc21. The van der Waals surface area contributed by atoms with Gasteiger partial charge in [-0.1, -0.05) is 12.8 Å². The normalized spacial score (nSPS) is 28.0. The Morgan fingerprint density at radius 2 is 1.63 bits per heavy atom. The molecule has 6 nitrogen and oxygen atoms in total. The molecule has 140 valence electrons. The zero-order chi connectivity index (χ0) is 19.1. The molecule has 2 aliphatic carbocycles. The molecule has 0 aromatic heterocycles. The maximum atomic E-state index is 15.0. The summed E-state index contributed by atoms with van der Waals surface area (Å²) >= 11 is 0. The van der Waals surface area contributed by atoms with E-state index in [4.69, 9.17) is 0 Å². The summed E-state index contributed by atoms with van der Waals surface area (Å²) in [5, 5.41) is 0. The summed E-state index contributed by atoms with van der Waals surface area (Å²) < 4.78 is 15.0. The van der Waals surface area contributed by atoms with Crippen LogP contribution in [0.3, 0.4) is 0 Å². The molecular weight excluding hydrogens is 351 g/mol. The lowest BCUT2D eigenvalue weighted by Crippen LogP contribution is -2.36. The van der Waals surface area contributed by atoms with Gasteiger partial charge in [-0.05, 0) is 43.4 Å². The van der Waals surface area contributed by atoms with Crippen LogP contribution in [0.15, 0.2) is 12.1 Å².